The van der Waals surface area contributed by atoms with E-state index in [4.69, 9.17) is 4.74 Å². The Kier molecular flexibility index (Phi) is 9.31. The fourth-order valence-corrected chi connectivity index (χ4v) is 5.09. The molecule has 0 aliphatic rings. The lowest BCUT2D eigenvalue weighted by Crippen LogP contribution is -2.38. The lowest BCUT2D eigenvalue weighted by atomic mass is 10.2. The second-order valence-electron chi connectivity index (χ2n) is 5.16. The van der Waals surface area contributed by atoms with Gasteiger partial charge >= 0.3 is 0 Å². The summed E-state index contributed by atoms with van der Waals surface area (Å²) in [5.74, 6) is 0. The molecule has 0 amide bonds. The highest BCUT2D eigenvalue weighted by atomic mass is 28.3. The van der Waals surface area contributed by atoms with Gasteiger partial charge in [-0.25, -0.2) is 0 Å². The quantitative estimate of drug-likeness (QED) is 0.581. The van der Waals surface area contributed by atoms with E-state index in [9.17, 15) is 0 Å². The number of nitrogens with zero attached hydrogens (tertiary/aromatic N) is 1. The van der Waals surface area contributed by atoms with E-state index in [0.717, 1.165) is 25.9 Å². The number of ether oxygens (including phenoxy) is 1. The zero-order chi connectivity index (χ0) is 15.5. The molecule has 0 saturated heterocycles. The molecule has 0 N–H and O–H groups in total. The summed E-state index contributed by atoms with van der Waals surface area (Å²) in [5, 5.41) is 1.48. The molecular weight excluding hydrogens is 274 g/mol. The maximum absolute atomic E-state index is 5.76. The minimum absolute atomic E-state index is 0.658. The molecule has 1 aromatic carbocycles. The molecular formula is C18H30NOSi. The van der Waals surface area contributed by atoms with Crippen LogP contribution in [0.2, 0.25) is 6.04 Å². The first-order valence-corrected chi connectivity index (χ1v) is 10.0. The molecule has 0 fully saturated rings. The van der Waals surface area contributed by atoms with E-state index in [-0.39, 0.29) is 0 Å². The SMILES string of the molecule is C=Cc1ccccc1[Si](CCCN(CC)CC)COCC. The van der Waals surface area contributed by atoms with Gasteiger partial charge < -0.3 is 9.64 Å². The van der Waals surface area contributed by atoms with Crippen LogP contribution in [0.25, 0.3) is 6.08 Å². The summed E-state index contributed by atoms with van der Waals surface area (Å²) in [6, 6.07) is 9.94. The van der Waals surface area contributed by atoms with Gasteiger partial charge in [0.05, 0.1) is 0 Å². The van der Waals surface area contributed by atoms with E-state index in [1.807, 2.05) is 6.08 Å². The predicted molar refractivity (Wildman–Crippen MR) is 95.6 cm³/mol. The Morgan fingerprint density at radius 1 is 1.19 bits per heavy atom. The van der Waals surface area contributed by atoms with Gasteiger partial charge in [0.25, 0.3) is 0 Å². The Morgan fingerprint density at radius 2 is 1.90 bits per heavy atom. The van der Waals surface area contributed by atoms with Crippen LogP contribution < -0.4 is 5.19 Å². The summed E-state index contributed by atoms with van der Waals surface area (Å²) in [5.41, 5.74) is 1.29. The Labute approximate surface area is 132 Å². The molecule has 0 aromatic heterocycles. The van der Waals surface area contributed by atoms with Crippen molar-refractivity contribution >= 4 is 20.1 Å². The monoisotopic (exact) mass is 304 g/mol. The molecule has 0 aliphatic carbocycles. The van der Waals surface area contributed by atoms with Crippen LogP contribution in [-0.4, -0.2) is 46.2 Å². The Bertz CT molecular complexity index is 404. The van der Waals surface area contributed by atoms with Crippen LogP contribution in [0.15, 0.2) is 30.8 Å². The van der Waals surface area contributed by atoms with Crippen molar-refractivity contribution in [2.24, 2.45) is 0 Å². The summed E-state index contributed by atoms with van der Waals surface area (Å²) in [4.78, 5) is 2.50. The Balaban J connectivity index is 2.69. The smallest absolute Gasteiger partial charge is 0.117 e. The van der Waals surface area contributed by atoms with Crippen LogP contribution in [0.3, 0.4) is 0 Å². The zero-order valence-electron chi connectivity index (χ0n) is 13.9. The first-order chi connectivity index (χ1) is 10.3. The van der Waals surface area contributed by atoms with E-state index < -0.39 is 8.80 Å². The summed E-state index contributed by atoms with van der Waals surface area (Å²) < 4.78 is 5.76. The molecule has 0 saturated carbocycles. The Morgan fingerprint density at radius 3 is 2.52 bits per heavy atom. The molecule has 117 valence electrons. The van der Waals surface area contributed by atoms with Crippen LogP contribution in [0.1, 0.15) is 32.8 Å². The minimum atomic E-state index is -0.658. The van der Waals surface area contributed by atoms with E-state index in [1.54, 1.807) is 0 Å². The second-order valence-corrected chi connectivity index (χ2v) is 7.70. The highest BCUT2D eigenvalue weighted by Gasteiger charge is 2.17. The van der Waals surface area contributed by atoms with Gasteiger partial charge in [-0.3, -0.25) is 0 Å². The first-order valence-electron chi connectivity index (χ1n) is 8.13. The van der Waals surface area contributed by atoms with E-state index in [0.29, 0.717) is 0 Å². The third-order valence-electron chi connectivity index (χ3n) is 3.89. The number of hydrogen-bond acceptors (Lipinski definition) is 2. The maximum atomic E-state index is 5.76. The molecule has 0 aliphatic heterocycles. The van der Waals surface area contributed by atoms with Crippen molar-refractivity contribution in [3.63, 3.8) is 0 Å². The molecule has 2 nitrogen and oxygen atoms in total. The topological polar surface area (TPSA) is 12.5 Å². The van der Waals surface area contributed by atoms with Crippen molar-refractivity contribution in [1.82, 2.24) is 4.90 Å². The first kappa shape index (κ1) is 18.1. The second kappa shape index (κ2) is 10.8. The van der Waals surface area contributed by atoms with Crippen LogP contribution >= 0.6 is 0 Å². The molecule has 1 aromatic rings. The van der Waals surface area contributed by atoms with E-state index in [2.05, 4.69) is 56.5 Å². The van der Waals surface area contributed by atoms with Crippen molar-refractivity contribution in [2.75, 3.05) is 32.5 Å². The van der Waals surface area contributed by atoms with Gasteiger partial charge in [-0.1, -0.05) is 62.0 Å². The normalized spacial score (nSPS) is 11.3. The van der Waals surface area contributed by atoms with Crippen molar-refractivity contribution in [3.05, 3.63) is 36.4 Å². The predicted octanol–water partition coefficient (Wildman–Crippen LogP) is 3.34. The van der Waals surface area contributed by atoms with Crippen LogP contribution in [0.5, 0.6) is 0 Å². The molecule has 21 heavy (non-hydrogen) atoms. The van der Waals surface area contributed by atoms with Gasteiger partial charge in [0, 0.05) is 12.8 Å². The van der Waals surface area contributed by atoms with E-state index >= 15 is 0 Å². The average Bonchev–Trinajstić information content (AvgIpc) is 2.54. The molecule has 0 bridgehead atoms. The summed E-state index contributed by atoms with van der Waals surface area (Å²) in [6.07, 6.45) is 4.15. The third kappa shape index (κ3) is 6.16. The third-order valence-corrected chi connectivity index (χ3v) is 6.62. The van der Waals surface area contributed by atoms with Crippen molar-refractivity contribution in [3.8, 4) is 0 Å². The standard InChI is InChI=1S/C18H30NOSi/c1-5-17-12-9-10-13-18(17)21(16-20-8-4)15-11-14-19(6-2)7-3/h5,9-10,12-13H,1,6-8,11,14-16H2,2-4H3. The van der Waals surface area contributed by atoms with Crippen molar-refractivity contribution < 1.29 is 4.74 Å². The van der Waals surface area contributed by atoms with Gasteiger partial charge in [0.1, 0.15) is 8.80 Å². The Hall–Kier alpha value is -0.903. The van der Waals surface area contributed by atoms with Crippen LogP contribution in [-0.2, 0) is 4.74 Å². The van der Waals surface area contributed by atoms with Crippen molar-refractivity contribution in [1.29, 1.82) is 0 Å². The minimum Gasteiger partial charge on any atom is -0.385 e. The fraction of sp³-hybridized carbons (Fsp3) is 0.556. The van der Waals surface area contributed by atoms with Gasteiger partial charge in [0.2, 0.25) is 0 Å². The summed E-state index contributed by atoms with van der Waals surface area (Å²) >= 11 is 0. The molecule has 1 rings (SSSR count). The molecule has 0 spiro atoms. The molecule has 1 radical (unpaired) electrons. The maximum Gasteiger partial charge on any atom is 0.117 e. The average molecular weight is 305 g/mol. The molecule has 0 heterocycles. The molecule has 0 unspecified atom stereocenters. The van der Waals surface area contributed by atoms with Gasteiger partial charge in [-0.2, -0.15) is 0 Å². The molecule has 0 atom stereocenters. The van der Waals surface area contributed by atoms with Gasteiger partial charge in [-0.15, -0.1) is 0 Å². The van der Waals surface area contributed by atoms with Crippen LogP contribution in [0, 0.1) is 0 Å². The van der Waals surface area contributed by atoms with Gasteiger partial charge in [0.15, 0.2) is 0 Å². The van der Waals surface area contributed by atoms with Crippen LogP contribution in [0.4, 0.5) is 0 Å². The number of hydrogen-bond donors (Lipinski definition) is 0. The fourth-order valence-electron chi connectivity index (χ4n) is 2.56. The number of benzene rings is 1. The lowest BCUT2D eigenvalue weighted by molar-refractivity contribution is 0.191. The lowest BCUT2D eigenvalue weighted by Gasteiger charge is -2.21. The number of rotatable bonds is 11. The highest BCUT2D eigenvalue weighted by Crippen LogP contribution is 2.07. The summed E-state index contributed by atoms with van der Waals surface area (Å²) in [6.45, 7) is 14.8. The van der Waals surface area contributed by atoms with E-state index in [1.165, 1.54) is 29.8 Å². The summed E-state index contributed by atoms with van der Waals surface area (Å²) in [7, 11) is -0.658. The zero-order valence-corrected chi connectivity index (χ0v) is 14.9. The highest BCUT2D eigenvalue weighted by molar-refractivity contribution is 6.73. The largest absolute Gasteiger partial charge is 0.385 e. The van der Waals surface area contributed by atoms with Crippen molar-refractivity contribution in [2.45, 2.75) is 33.2 Å². The molecule has 3 heteroatoms. The van der Waals surface area contributed by atoms with Gasteiger partial charge in [-0.05, 0) is 38.5 Å².